The lowest BCUT2D eigenvalue weighted by molar-refractivity contribution is 0.122. The summed E-state index contributed by atoms with van der Waals surface area (Å²) < 4.78 is 32.5. The fraction of sp³-hybridized carbons (Fsp3) is 0.583. The third kappa shape index (κ3) is 3.66. The van der Waals surface area contributed by atoms with Crippen LogP contribution in [0.4, 0.5) is 5.82 Å². The maximum atomic E-state index is 11.8. The van der Waals surface area contributed by atoms with E-state index in [4.69, 9.17) is 4.74 Å². The van der Waals surface area contributed by atoms with Crippen LogP contribution < -0.4 is 9.62 Å². The first-order valence-corrected chi connectivity index (χ1v) is 7.88. The highest BCUT2D eigenvalue weighted by molar-refractivity contribution is 7.87. The quantitative estimate of drug-likeness (QED) is 0.816. The molecule has 1 aliphatic heterocycles. The maximum Gasteiger partial charge on any atom is 0.279 e. The summed E-state index contributed by atoms with van der Waals surface area (Å²) in [4.78, 5) is 6.48. The van der Waals surface area contributed by atoms with E-state index >= 15 is 0 Å². The zero-order valence-corrected chi connectivity index (χ0v) is 12.6. The highest BCUT2D eigenvalue weighted by atomic mass is 32.2. The van der Waals surface area contributed by atoms with Crippen molar-refractivity contribution in [3.63, 3.8) is 0 Å². The summed E-state index contributed by atoms with van der Waals surface area (Å²) in [6, 6.07) is 3.69. The Balaban J connectivity index is 2.12. The van der Waals surface area contributed by atoms with Crippen LogP contribution in [0, 0.1) is 0 Å². The Hall–Kier alpha value is -1.22. The van der Waals surface area contributed by atoms with Gasteiger partial charge in [0, 0.05) is 45.5 Å². The smallest absolute Gasteiger partial charge is 0.279 e. The summed E-state index contributed by atoms with van der Waals surface area (Å²) in [5.74, 6) is 0.817. The van der Waals surface area contributed by atoms with E-state index in [0.29, 0.717) is 13.2 Å². The van der Waals surface area contributed by atoms with Gasteiger partial charge in [0.15, 0.2) is 0 Å². The number of morpholine rings is 1. The molecule has 0 atom stereocenters. The largest absolute Gasteiger partial charge is 0.378 e. The number of ether oxygens (including phenoxy) is 1. The highest BCUT2D eigenvalue weighted by Gasteiger charge is 2.18. The molecule has 1 aromatic rings. The van der Waals surface area contributed by atoms with Crippen LogP contribution in [0.1, 0.15) is 5.56 Å². The standard InChI is InChI=1S/C12H20N4O3S/c1-15(2)20(17,18)14-10-11-4-3-5-13-12(11)16-6-8-19-9-7-16/h3-5,14H,6-10H2,1-2H3. The molecular formula is C12H20N4O3S. The van der Waals surface area contributed by atoms with Gasteiger partial charge in [-0.25, -0.2) is 4.98 Å². The van der Waals surface area contributed by atoms with Crippen molar-refractivity contribution in [3.8, 4) is 0 Å². The van der Waals surface area contributed by atoms with Crippen molar-refractivity contribution in [2.24, 2.45) is 0 Å². The van der Waals surface area contributed by atoms with Gasteiger partial charge in [0.2, 0.25) is 0 Å². The molecule has 7 nitrogen and oxygen atoms in total. The monoisotopic (exact) mass is 300 g/mol. The SMILES string of the molecule is CN(C)S(=O)(=O)NCc1cccnc1N1CCOCC1. The molecule has 112 valence electrons. The van der Waals surface area contributed by atoms with Crippen molar-refractivity contribution < 1.29 is 13.2 Å². The van der Waals surface area contributed by atoms with Crippen LogP contribution in [0.3, 0.4) is 0 Å². The number of hydrogen-bond donors (Lipinski definition) is 1. The number of nitrogens with one attached hydrogen (secondary N) is 1. The Bertz CT molecular complexity index is 541. The molecule has 0 saturated carbocycles. The fourth-order valence-corrected chi connectivity index (χ4v) is 2.52. The molecule has 1 aliphatic rings. The molecule has 8 heteroatoms. The molecule has 1 aromatic heterocycles. The van der Waals surface area contributed by atoms with Crippen LogP contribution in [-0.4, -0.2) is 58.1 Å². The van der Waals surface area contributed by atoms with E-state index in [1.54, 1.807) is 6.20 Å². The Morgan fingerprint density at radius 2 is 2.10 bits per heavy atom. The zero-order chi connectivity index (χ0) is 14.6. The van der Waals surface area contributed by atoms with Gasteiger partial charge in [-0.05, 0) is 6.07 Å². The maximum absolute atomic E-state index is 11.8. The van der Waals surface area contributed by atoms with Gasteiger partial charge in [-0.2, -0.15) is 17.4 Å². The first kappa shape index (κ1) is 15.2. The number of hydrogen-bond acceptors (Lipinski definition) is 5. The van der Waals surface area contributed by atoms with Gasteiger partial charge in [0.1, 0.15) is 5.82 Å². The van der Waals surface area contributed by atoms with E-state index in [9.17, 15) is 8.42 Å². The minimum absolute atomic E-state index is 0.223. The molecule has 1 fully saturated rings. The average molecular weight is 300 g/mol. The second kappa shape index (κ2) is 6.49. The number of rotatable bonds is 5. The molecule has 2 rings (SSSR count). The van der Waals surface area contributed by atoms with Crippen molar-refractivity contribution in [3.05, 3.63) is 23.9 Å². The lowest BCUT2D eigenvalue weighted by Gasteiger charge is -2.29. The third-order valence-corrected chi connectivity index (χ3v) is 4.57. The second-order valence-electron chi connectivity index (χ2n) is 4.69. The van der Waals surface area contributed by atoms with Gasteiger partial charge in [-0.3, -0.25) is 0 Å². The first-order valence-electron chi connectivity index (χ1n) is 6.44. The van der Waals surface area contributed by atoms with E-state index in [-0.39, 0.29) is 6.54 Å². The predicted octanol–water partition coefficient (Wildman–Crippen LogP) is -0.186. The van der Waals surface area contributed by atoms with Crippen LogP contribution in [0.2, 0.25) is 0 Å². The van der Waals surface area contributed by atoms with Crippen LogP contribution in [-0.2, 0) is 21.5 Å². The number of aromatic nitrogens is 1. The van der Waals surface area contributed by atoms with E-state index in [0.717, 1.165) is 28.8 Å². The average Bonchev–Trinajstić information content (AvgIpc) is 2.46. The van der Waals surface area contributed by atoms with Crippen LogP contribution in [0.25, 0.3) is 0 Å². The normalized spacial score (nSPS) is 16.6. The molecule has 0 amide bonds. The minimum atomic E-state index is -3.43. The summed E-state index contributed by atoms with van der Waals surface area (Å²) in [6.45, 7) is 3.09. The van der Waals surface area contributed by atoms with Crippen LogP contribution in [0.15, 0.2) is 18.3 Å². The Morgan fingerprint density at radius 1 is 1.40 bits per heavy atom. The van der Waals surface area contributed by atoms with Gasteiger partial charge in [-0.15, -0.1) is 0 Å². The minimum Gasteiger partial charge on any atom is -0.378 e. The molecule has 0 aromatic carbocycles. The molecule has 0 radical (unpaired) electrons. The van der Waals surface area contributed by atoms with E-state index in [1.807, 2.05) is 12.1 Å². The third-order valence-electron chi connectivity index (χ3n) is 3.10. The molecule has 2 heterocycles. The fourth-order valence-electron chi connectivity index (χ4n) is 1.93. The molecule has 0 aliphatic carbocycles. The molecule has 1 N–H and O–H groups in total. The van der Waals surface area contributed by atoms with Crippen molar-refractivity contribution in [2.75, 3.05) is 45.3 Å². The molecule has 0 unspecified atom stereocenters. The molecule has 20 heavy (non-hydrogen) atoms. The molecule has 0 bridgehead atoms. The summed E-state index contributed by atoms with van der Waals surface area (Å²) in [5, 5.41) is 0. The van der Waals surface area contributed by atoms with Gasteiger partial charge in [0.25, 0.3) is 10.2 Å². The van der Waals surface area contributed by atoms with Gasteiger partial charge in [0.05, 0.1) is 13.2 Å². The van der Waals surface area contributed by atoms with Crippen molar-refractivity contribution in [1.29, 1.82) is 0 Å². The van der Waals surface area contributed by atoms with E-state index in [2.05, 4.69) is 14.6 Å². The van der Waals surface area contributed by atoms with Crippen LogP contribution >= 0.6 is 0 Å². The summed E-state index contributed by atoms with van der Waals surface area (Å²) in [6.07, 6.45) is 1.72. The zero-order valence-electron chi connectivity index (χ0n) is 11.7. The number of pyridine rings is 1. The Kier molecular flexibility index (Phi) is 4.92. The molecule has 1 saturated heterocycles. The van der Waals surface area contributed by atoms with Crippen LogP contribution in [0.5, 0.6) is 0 Å². The van der Waals surface area contributed by atoms with Gasteiger partial charge >= 0.3 is 0 Å². The highest BCUT2D eigenvalue weighted by Crippen LogP contribution is 2.18. The van der Waals surface area contributed by atoms with Gasteiger partial charge in [-0.1, -0.05) is 6.07 Å². The molecule has 0 spiro atoms. The summed E-state index contributed by atoms with van der Waals surface area (Å²) >= 11 is 0. The Morgan fingerprint density at radius 3 is 2.75 bits per heavy atom. The predicted molar refractivity (Wildman–Crippen MR) is 76.7 cm³/mol. The van der Waals surface area contributed by atoms with E-state index in [1.165, 1.54) is 14.1 Å². The Labute approximate surface area is 119 Å². The summed E-state index contributed by atoms with van der Waals surface area (Å²) in [7, 11) is -0.443. The molecular weight excluding hydrogens is 280 g/mol. The lowest BCUT2D eigenvalue weighted by Crippen LogP contribution is -2.39. The van der Waals surface area contributed by atoms with Crippen molar-refractivity contribution >= 4 is 16.0 Å². The van der Waals surface area contributed by atoms with Gasteiger partial charge < -0.3 is 9.64 Å². The number of nitrogens with zero attached hydrogens (tertiary/aromatic N) is 3. The second-order valence-corrected chi connectivity index (χ2v) is 6.66. The lowest BCUT2D eigenvalue weighted by atomic mass is 10.2. The van der Waals surface area contributed by atoms with Crippen molar-refractivity contribution in [2.45, 2.75) is 6.54 Å². The summed E-state index contributed by atoms with van der Waals surface area (Å²) in [5.41, 5.74) is 0.861. The van der Waals surface area contributed by atoms with Crippen molar-refractivity contribution in [1.82, 2.24) is 14.0 Å². The first-order chi connectivity index (χ1) is 9.50. The number of anilines is 1. The topological polar surface area (TPSA) is 74.8 Å². The van der Waals surface area contributed by atoms with E-state index < -0.39 is 10.2 Å².